The van der Waals surface area contributed by atoms with Gasteiger partial charge in [0.15, 0.2) is 5.13 Å². The quantitative estimate of drug-likeness (QED) is 0.573. The van der Waals surface area contributed by atoms with Crippen molar-refractivity contribution in [2.45, 2.75) is 6.92 Å². The van der Waals surface area contributed by atoms with Crippen molar-refractivity contribution in [3.63, 3.8) is 0 Å². The molecule has 122 valence electrons. The SMILES string of the molecule is Cc1sc(NC(=O)c2nc(Cl)ccc2Cl)nc1-c1ccc(Cl)cc1. The lowest BCUT2D eigenvalue weighted by Crippen LogP contribution is -2.14. The first-order chi connectivity index (χ1) is 11.4. The minimum absolute atomic E-state index is 0.0602. The third kappa shape index (κ3) is 3.70. The fourth-order valence-corrected chi connectivity index (χ4v) is 3.35. The number of hydrogen-bond donors (Lipinski definition) is 1. The Balaban J connectivity index is 1.86. The third-order valence-corrected chi connectivity index (χ3v) is 4.82. The van der Waals surface area contributed by atoms with Gasteiger partial charge in [0.25, 0.3) is 5.91 Å². The average molecular weight is 399 g/mol. The van der Waals surface area contributed by atoms with Gasteiger partial charge in [-0.15, -0.1) is 11.3 Å². The summed E-state index contributed by atoms with van der Waals surface area (Å²) < 4.78 is 0. The van der Waals surface area contributed by atoms with Crippen molar-refractivity contribution in [2.24, 2.45) is 0 Å². The van der Waals surface area contributed by atoms with Gasteiger partial charge in [-0.3, -0.25) is 10.1 Å². The van der Waals surface area contributed by atoms with Gasteiger partial charge in [-0.25, -0.2) is 9.97 Å². The van der Waals surface area contributed by atoms with Crippen LogP contribution in [0.25, 0.3) is 11.3 Å². The van der Waals surface area contributed by atoms with Gasteiger partial charge >= 0.3 is 0 Å². The van der Waals surface area contributed by atoms with Crippen molar-refractivity contribution in [2.75, 3.05) is 5.32 Å². The van der Waals surface area contributed by atoms with Crippen LogP contribution in [0.1, 0.15) is 15.4 Å². The van der Waals surface area contributed by atoms with Gasteiger partial charge in [0, 0.05) is 15.5 Å². The van der Waals surface area contributed by atoms with Gasteiger partial charge in [0.2, 0.25) is 0 Å². The summed E-state index contributed by atoms with van der Waals surface area (Å²) in [6.07, 6.45) is 0. The number of halogens is 3. The lowest BCUT2D eigenvalue weighted by Gasteiger charge is -2.03. The third-order valence-electron chi connectivity index (χ3n) is 3.16. The number of benzene rings is 1. The Labute approximate surface area is 157 Å². The number of thiazole rings is 1. The van der Waals surface area contributed by atoms with E-state index in [0.29, 0.717) is 10.2 Å². The normalized spacial score (nSPS) is 10.7. The minimum atomic E-state index is -0.459. The predicted molar refractivity (Wildman–Crippen MR) is 99.5 cm³/mol. The predicted octanol–water partition coefficient (Wildman–Crippen LogP) is 5.73. The molecular formula is C16H10Cl3N3OS. The van der Waals surface area contributed by atoms with Crippen LogP contribution in [0.5, 0.6) is 0 Å². The molecule has 3 aromatic rings. The second-order valence-corrected chi connectivity index (χ2v) is 7.28. The van der Waals surface area contributed by atoms with Crippen LogP contribution in [-0.4, -0.2) is 15.9 Å². The van der Waals surface area contributed by atoms with Crippen molar-refractivity contribution in [3.8, 4) is 11.3 Å². The Morgan fingerprint density at radius 3 is 2.46 bits per heavy atom. The standard InChI is InChI=1S/C16H10Cl3N3OS/c1-8-13(9-2-4-10(17)5-3-9)21-16(24-8)22-15(23)14-11(18)6-7-12(19)20-14/h2-7H,1H3,(H,21,22,23). The molecule has 0 atom stereocenters. The summed E-state index contributed by atoms with van der Waals surface area (Å²) in [6, 6.07) is 10.4. The van der Waals surface area contributed by atoms with Crippen molar-refractivity contribution < 1.29 is 4.79 Å². The van der Waals surface area contributed by atoms with E-state index in [1.54, 1.807) is 12.1 Å². The number of carbonyl (C=O) groups is 1. The Bertz CT molecular complexity index is 909. The second kappa shape index (κ2) is 7.07. The molecule has 1 N–H and O–H groups in total. The minimum Gasteiger partial charge on any atom is -0.296 e. The molecule has 0 bridgehead atoms. The number of nitrogens with one attached hydrogen (secondary N) is 1. The number of nitrogens with zero attached hydrogens (tertiary/aromatic N) is 2. The summed E-state index contributed by atoms with van der Waals surface area (Å²) in [5.41, 5.74) is 1.77. The van der Waals surface area contributed by atoms with Gasteiger partial charge in [0.1, 0.15) is 10.8 Å². The Morgan fingerprint density at radius 1 is 1.04 bits per heavy atom. The Morgan fingerprint density at radius 2 is 1.75 bits per heavy atom. The number of pyridine rings is 1. The number of aromatic nitrogens is 2. The van der Waals surface area contributed by atoms with Crippen molar-refractivity contribution in [1.82, 2.24) is 9.97 Å². The lowest BCUT2D eigenvalue weighted by atomic mass is 10.1. The van der Waals surface area contributed by atoms with Gasteiger partial charge in [-0.1, -0.05) is 46.9 Å². The van der Waals surface area contributed by atoms with Gasteiger partial charge in [-0.05, 0) is 31.2 Å². The summed E-state index contributed by atoms with van der Waals surface area (Å²) >= 11 is 19.1. The molecule has 24 heavy (non-hydrogen) atoms. The largest absolute Gasteiger partial charge is 0.296 e. The summed E-state index contributed by atoms with van der Waals surface area (Å²) in [4.78, 5) is 21.7. The molecule has 0 spiro atoms. The van der Waals surface area contributed by atoms with Crippen LogP contribution in [-0.2, 0) is 0 Å². The molecule has 2 heterocycles. The van der Waals surface area contributed by atoms with E-state index >= 15 is 0 Å². The monoisotopic (exact) mass is 397 g/mol. The van der Waals surface area contributed by atoms with Crippen LogP contribution >= 0.6 is 46.1 Å². The zero-order valence-electron chi connectivity index (χ0n) is 12.3. The maximum atomic E-state index is 12.3. The molecule has 0 aliphatic rings. The first kappa shape index (κ1) is 17.2. The van der Waals surface area contributed by atoms with Crippen molar-refractivity contribution in [1.29, 1.82) is 0 Å². The number of carbonyl (C=O) groups excluding carboxylic acids is 1. The molecule has 0 fully saturated rings. The molecule has 0 aliphatic carbocycles. The van der Waals surface area contributed by atoms with E-state index in [0.717, 1.165) is 16.1 Å². The van der Waals surface area contributed by atoms with E-state index in [2.05, 4.69) is 15.3 Å². The topological polar surface area (TPSA) is 54.9 Å². The van der Waals surface area contributed by atoms with Crippen LogP contribution in [0.3, 0.4) is 0 Å². The highest BCUT2D eigenvalue weighted by Gasteiger charge is 2.16. The first-order valence-electron chi connectivity index (χ1n) is 6.81. The highest BCUT2D eigenvalue weighted by Crippen LogP contribution is 2.31. The highest BCUT2D eigenvalue weighted by atomic mass is 35.5. The molecule has 2 aromatic heterocycles. The molecular weight excluding hydrogens is 389 g/mol. The summed E-state index contributed by atoms with van der Waals surface area (Å²) in [5.74, 6) is -0.459. The van der Waals surface area contributed by atoms with E-state index < -0.39 is 5.91 Å². The number of hydrogen-bond acceptors (Lipinski definition) is 4. The average Bonchev–Trinajstić information content (AvgIpc) is 2.91. The van der Waals surface area contributed by atoms with Gasteiger partial charge in [-0.2, -0.15) is 0 Å². The Kier molecular flexibility index (Phi) is 5.06. The number of aryl methyl sites for hydroxylation is 1. The summed E-state index contributed by atoms with van der Waals surface area (Å²) in [5, 5.41) is 4.24. The van der Waals surface area contributed by atoms with Crippen LogP contribution in [0.15, 0.2) is 36.4 Å². The lowest BCUT2D eigenvalue weighted by molar-refractivity contribution is 0.102. The smallest absolute Gasteiger partial charge is 0.277 e. The van der Waals surface area contributed by atoms with E-state index in [4.69, 9.17) is 34.8 Å². The zero-order chi connectivity index (χ0) is 17.3. The highest BCUT2D eigenvalue weighted by molar-refractivity contribution is 7.16. The van der Waals surface area contributed by atoms with E-state index in [1.165, 1.54) is 23.5 Å². The van der Waals surface area contributed by atoms with Gasteiger partial charge in [0.05, 0.1) is 10.7 Å². The summed E-state index contributed by atoms with van der Waals surface area (Å²) in [6.45, 7) is 1.93. The fourth-order valence-electron chi connectivity index (χ4n) is 2.06. The summed E-state index contributed by atoms with van der Waals surface area (Å²) in [7, 11) is 0. The Hall–Kier alpha value is -1.66. The molecule has 1 aromatic carbocycles. The van der Waals surface area contributed by atoms with Crippen LogP contribution < -0.4 is 5.32 Å². The molecule has 1 amide bonds. The number of anilines is 1. The van der Waals surface area contributed by atoms with Crippen molar-refractivity contribution in [3.05, 3.63) is 62.2 Å². The van der Waals surface area contributed by atoms with Crippen LogP contribution in [0.4, 0.5) is 5.13 Å². The molecule has 0 aliphatic heterocycles. The second-order valence-electron chi connectivity index (χ2n) is 4.85. The van der Waals surface area contributed by atoms with Crippen molar-refractivity contribution >= 4 is 57.2 Å². The van der Waals surface area contributed by atoms with E-state index in [9.17, 15) is 4.79 Å². The molecule has 4 nitrogen and oxygen atoms in total. The maximum Gasteiger partial charge on any atom is 0.277 e. The van der Waals surface area contributed by atoms with E-state index in [-0.39, 0.29) is 15.9 Å². The molecule has 3 rings (SSSR count). The number of amides is 1. The molecule has 0 radical (unpaired) electrons. The fraction of sp³-hybridized carbons (Fsp3) is 0.0625. The molecule has 0 saturated carbocycles. The van der Waals surface area contributed by atoms with Crippen LogP contribution in [0.2, 0.25) is 15.2 Å². The molecule has 0 unspecified atom stereocenters. The van der Waals surface area contributed by atoms with Crippen LogP contribution in [0, 0.1) is 6.92 Å². The maximum absolute atomic E-state index is 12.3. The molecule has 0 saturated heterocycles. The molecule has 8 heteroatoms. The zero-order valence-corrected chi connectivity index (χ0v) is 15.4. The first-order valence-corrected chi connectivity index (χ1v) is 8.76. The van der Waals surface area contributed by atoms with Gasteiger partial charge < -0.3 is 0 Å². The van der Waals surface area contributed by atoms with E-state index in [1.807, 2.05) is 19.1 Å². The number of rotatable bonds is 3.